The molecule has 0 amide bonds. The Bertz CT molecular complexity index is 895. The number of fused-ring (bicyclic) bond motifs is 1. The van der Waals surface area contributed by atoms with Crippen molar-refractivity contribution in [2.45, 2.75) is 0 Å². The summed E-state index contributed by atoms with van der Waals surface area (Å²) >= 11 is 11.2. The van der Waals surface area contributed by atoms with Gasteiger partial charge in [-0.05, 0) is 63.3 Å². The van der Waals surface area contributed by atoms with Gasteiger partial charge in [-0.2, -0.15) is 0 Å². The zero-order valence-electron chi connectivity index (χ0n) is 11.3. The summed E-state index contributed by atoms with van der Waals surface area (Å²) in [5.41, 5.74) is 2.11. The zero-order chi connectivity index (χ0) is 15.7. The van der Waals surface area contributed by atoms with Crippen molar-refractivity contribution in [2.75, 3.05) is 0 Å². The number of halogens is 2. The minimum absolute atomic E-state index is 0.325. The first kappa shape index (κ1) is 14.8. The molecule has 3 aromatic carbocycles. The second-order valence-electron chi connectivity index (χ2n) is 4.83. The molecule has 0 saturated carbocycles. The SMILES string of the molecule is O=C(Cl)c1ccc(C(=O)Cl)c(-c2cccc3ccccc23)c1. The summed E-state index contributed by atoms with van der Waals surface area (Å²) in [5.74, 6) is 0. The lowest BCUT2D eigenvalue weighted by Gasteiger charge is -2.11. The lowest BCUT2D eigenvalue weighted by Crippen LogP contribution is -1.98. The van der Waals surface area contributed by atoms with Crippen LogP contribution in [0.3, 0.4) is 0 Å². The number of carbonyl (C=O) groups excluding carboxylic acids is 2. The van der Waals surface area contributed by atoms with Crippen LogP contribution in [0.15, 0.2) is 60.7 Å². The summed E-state index contributed by atoms with van der Waals surface area (Å²) in [7, 11) is 0. The van der Waals surface area contributed by atoms with Gasteiger partial charge in [-0.25, -0.2) is 0 Å². The molecule has 22 heavy (non-hydrogen) atoms. The monoisotopic (exact) mass is 328 g/mol. The lowest BCUT2D eigenvalue weighted by molar-refractivity contribution is 0.107. The van der Waals surface area contributed by atoms with Gasteiger partial charge in [0.05, 0.1) is 0 Å². The van der Waals surface area contributed by atoms with Gasteiger partial charge in [-0.15, -0.1) is 0 Å². The molecule has 3 rings (SSSR count). The highest BCUT2D eigenvalue weighted by Crippen LogP contribution is 2.32. The fourth-order valence-corrected chi connectivity index (χ4v) is 2.80. The first-order valence-electron chi connectivity index (χ1n) is 6.60. The highest BCUT2D eigenvalue weighted by atomic mass is 35.5. The Morgan fingerprint density at radius 3 is 2.18 bits per heavy atom. The smallest absolute Gasteiger partial charge is 0.253 e. The van der Waals surface area contributed by atoms with Gasteiger partial charge in [-0.1, -0.05) is 42.5 Å². The van der Waals surface area contributed by atoms with Gasteiger partial charge in [0, 0.05) is 11.1 Å². The summed E-state index contributed by atoms with van der Waals surface area (Å²) in [5, 5.41) is 0.866. The van der Waals surface area contributed by atoms with Crippen molar-refractivity contribution in [3.8, 4) is 11.1 Å². The Morgan fingerprint density at radius 2 is 1.45 bits per heavy atom. The van der Waals surface area contributed by atoms with E-state index in [0.717, 1.165) is 16.3 Å². The summed E-state index contributed by atoms with van der Waals surface area (Å²) in [4.78, 5) is 23.1. The summed E-state index contributed by atoms with van der Waals surface area (Å²) in [6.07, 6.45) is 0. The Kier molecular flexibility index (Phi) is 3.97. The topological polar surface area (TPSA) is 34.1 Å². The lowest BCUT2D eigenvalue weighted by atomic mass is 9.93. The van der Waals surface area contributed by atoms with Crippen molar-refractivity contribution in [3.63, 3.8) is 0 Å². The average Bonchev–Trinajstić information content (AvgIpc) is 2.53. The van der Waals surface area contributed by atoms with Gasteiger partial charge in [0.1, 0.15) is 0 Å². The third-order valence-corrected chi connectivity index (χ3v) is 3.96. The van der Waals surface area contributed by atoms with E-state index in [9.17, 15) is 9.59 Å². The van der Waals surface area contributed by atoms with Crippen LogP contribution in [0.1, 0.15) is 20.7 Å². The molecule has 0 aliphatic heterocycles. The second kappa shape index (κ2) is 5.91. The molecular weight excluding hydrogens is 319 g/mol. The van der Waals surface area contributed by atoms with Gasteiger partial charge in [-0.3, -0.25) is 9.59 Å². The first-order valence-corrected chi connectivity index (χ1v) is 7.35. The van der Waals surface area contributed by atoms with Crippen LogP contribution >= 0.6 is 23.2 Å². The van der Waals surface area contributed by atoms with Crippen LogP contribution in [0.4, 0.5) is 0 Å². The molecule has 0 heterocycles. The van der Waals surface area contributed by atoms with Crippen LogP contribution in [0.25, 0.3) is 21.9 Å². The van der Waals surface area contributed by atoms with Crippen molar-refractivity contribution < 1.29 is 9.59 Å². The molecule has 0 atom stereocenters. The van der Waals surface area contributed by atoms with E-state index in [2.05, 4.69) is 0 Å². The van der Waals surface area contributed by atoms with Gasteiger partial charge in [0.15, 0.2) is 0 Å². The third-order valence-electron chi connectivity index (χ3n) is 3.54. The van der Waals surface area contributed by atoms with Gasteiger partial charge in [0.2, 0.25) is 0 Å². The number of hydrogen-bond donors (Lipinski definition) is 0. The van der Waals surface area contributed by atoms with E-state index in [1.807, 2.05) is 42.5 Å². The van der Waals surface area contributed by atoms with Gasteiger partial charge >= 0.3 is 0 Å². The quantitative estimate of drug-likeness (QED) is 0.614. The van der Waals surface area contributed by atoms with Crippen molar-refractivity contribution in [1.82, 2.24) is 0 Å². The molecule has 0 saturated heterocycles. The molecule has 0 aromatic heterocycles. The van der Waals surface area contributed by atoms with E-state index >= 15 is 0 Å². The van der Waals surface area contributed by atoms with Crippen LogP contribution in [0.5, 0.6) is 0 Å². The maximum atomic E-state index is 11.7. The maximum absolute atomic E-state index is 11.7. The molecular formula is C18H10Cl2O2. The standard InChI is InChI=1S/C18H10Cl2O2/c19-17(21)12-8-9-15(18(20)22)16(10-12)14-7-3-5-11-4-1-2-6-13(11)14/h1-10H. The van der Waals surface area contributed by atoms with Crippen molar-refractivity contribution >= 4 is 44.5 Å². The maximum Gasteiger partial charge on any atom is 0.253 e. The van der Waals surface area contributed by atoms with Crippen LogP contribution < -0.4 is 0 Å². The van der Waals surface area contributed by atoms with Crippen LogP contribution in [0.2, 0.25) is 0 Å². The van der Waals surface area contributed by atoms with E-state index in [1.54, 1.807) is 6.07 Å². The van der Waals surface area contributed by atoms with Crippen LogP contribution in [-0.2, 0) is 0 Å². The molecule has 4 heteroatoms. The van der Waals surface area contributed by atoms with E-state index in [-0.39, 0.29) is 0 Å². The number of hydrogen-bond acceptors (Lipinski definition) is 2. The van der Waals surface area contributed by atoms with Crippen molar-refractivity contribution in [1.29, 1.82) is 0 Å². The Hall–Kier alpha value is -2.16. The first-order chi connectivity index (χ1) is 10.6. The fourth-order valence-electron chi connectivity index (χ4n) is 2.52. The summed E-state index contributed by atoms with van der Waals surface area (Å²) in [6.45, 7) is 0. The number of carbonyl (C=O) groups is 2. The molecule has 0 spiro atoms. The molecule has 0 N–H and O–H groups in total. The molecule has 3 aromatic rings. The molecule has 108 valence electrons. The molecule has 0 unspecified atom stereocenters. The van der Waals surface area contributed by atoms with Crippen molar-refractivity contribution in [3.05, 3.63) is 71.8 Å². The highest BCUT2D eigenvalue weighted by molar-refractivity contribution is 6.69. The molecule has 0 radical (unpaired) electrons. The normalized spacial score (nSPS) is 10.6. The van der Waals surface area contributed by atoms with E-state index in [0.29, 0.717) is 16.7 Å². The summed E-state index contributed by atoms with van der Waals surface area (Å²) < 4.78 is 0. The van der Waals surface area contributed by atoms with Crippen LogP contribution in [-0.4, -0.2) is 10.5 Å². The van der Waals surface area contributed by atoms with Gasteiger partial charge < -0.3 is 0 Å². The Morgan fingerprint density at radius 1 is 0.727 bits per heavy atom. The van der Waals surface area contributed by atoms with E-state index < -0.39 is 10.5 Å². The minimum Gasteiger partial charge on any atom is -0.276 e. The largest absolute Gasteiger partial charge is 0.276 e. The average molecular weight is 329 g/mol. The van der Waals surface area contributed by atoms with Crippen LogP contribution in [0, 0.1) is 0 Å². The third kappa shape index (κ3) is 2.63. The van der Waals surface area contributed by atoms with E-state index in [1.165, 1.54) is 12.1 Å². The second-order valence-corrected chi connectivity index (χ2v) is 5.52. The molecule has 2 nitrogen and oxygen atoms in total. The van der Waals surface area contributed by atoms with E-state index in [4.69, 9.17) is 23.2 Å². The van der Waals surface area contributed by atoms with Gasteiger partial charge in [0.25, 0.3) is 10.5 Å². The Labute approximate surface area is 137 Å². The summed E-state index contributed by atoms with van der Waals surface area (Å²) in [6, 6.07) is 18.2. The highest BCUT2D eigenvalue weighted by Gasteiger charge is 2.15. The fraction of sp³-hybridized carbons (Fsp3) is 0. The van der Waals surface area contributed by atoms with Crippen molar-refractivity contribution in [2.24, 2.45) is 0 Å². The predicted molar refractivity (Wildman–Crippen MR) is 89.8 cm³/mol. The predicted octanol–water partition coefficient (Wildman–Crippen LogP) is 5.26. The molecule has 0 aliphatic rings. The Balaban J connectivity index is 2.35. The molecule has 0 aliphatic carbocycles. The number of benzene rings is 3. The molecule has 0 bridgehead atoms. The number of rotatable bonds is 3. The molecule has 0 fully saturated rings. The zero-order valence-corrected chi connectivity index (χ0v) is 12.9. The minimum atomic E-state index is -0.574.